The molecule has 2 aromatic carbocycles. The molecule has 1 atom stereocenters. The highest BCUT2D eigenvalue weighted by Gasteiger charge is 2.42. The van der Waals surface area contributed by atoms with Crippen LogP contribution in [0.5, 0.6) is 5.75 Å². The van der Waals surface area contributed by atoms with Gasteiger partial charge in [-0.25, -0.2) is 14.4 Å². The number of nitrogens with zero attached hydrogens (tertiary/aromatic N) is 9. The molecule has 0 radical (unpaired) electrons. The normalized spacial score (nSPS) is 23.1. The van der Waals surface area contributed by atoms with Gasteiger partial charge in [-0.1, -0.05) is 0 Å². The first-order valence-electron chi connectivity index (χ1n) is 21.8. The van der Waals surface area contributed by atoms with Gasteiger partial charge in [0.05, 0.1) is 23.4 Å². The lowest BCUT2D eigenvalue weighted by Gasteiger charge is -2.40. The molecule has 5 fully saturated rings. The van der Waals surface area contributed by atoms with E-state index in [1.165, 1.54) is 4.90 Å². The maximum atomic E-state index is 15.9. The molecule has 2 aromatic heterocycles. The van der Waals surface area contributed by atoms with Crippen LogP contribution >= 0.6 is 0 Å². The molecular weight excluding hydrogens is 766 g/mol. The van der Waals surface area contributed by atoms with E-state index in [-0.39, 0.29) is 42.6 Å². The summed E-state index contributed by atoms with van der Waals surface area (Å²) < 4.78 is 22.2. The van der Waals surface area contributed by atoms with E-state index in [2.05, 4.69) is 69.0 Å². The average Bonchev–Trinajstić information content (AvgIpc) is 3.68. The SMILES string of the molecule is CC1(Oc2ccc3[nH]nc(-c4cc(N5CCN(CCN6CCN(CC7CCN(c8ccc9c(c8F)CN([C@@H]8CCC(=O)NC8=O)C9=O)CC7)CC6)CC5)ncn4)c3c2)CC1. The number of piperazine rings is 2. The fraction of sp³-hybridized carbons (Fsp3) is 0.545. The third-order valence-corrected chi connectivity index (χ3v) is 13.7. The van der Waals surface area contributed by atoms with Gasteiger partial charge >= 0.3 is 0 Å². The van der Waals surface area contributed by atoms with Crippen LogP contribution in [-0.2, 0) is 16.1 Å². The van der Waals surface area contributed by atoms with Gasteiger partial charge in [0, 0.05) is 114 Å². The second-order valence-corrected chi connectivity index (χ2v) is 17.8. The summed E-state index contributed by atoms with van der Waals surface area (Å²) in [5.74, 6) is 0.832. The number of benzene rings is 2. The number of aromatic amines is 1. The lowest BCUT2D eigenvalue weighted by molar-refractivity contribution is -0.136. The summed E-state index contributed by atoms with van der Waals surface area (Å²) in [6.45, 7) is 15.1. The predicted molar refractivity (Wildman–Crippen MR) is 224 cm³/mol. The molecule has 60 heavy (non-hydrogen) atoms. The number of nitrogens with one attached hydrogen (secondary N) is 2. The Morgan fingerprint density at radius 1 is 0.833 bits per heavy atom. The third-order valence-electron chi connectivity index (χ3n) is 13.7. The highest BCUT2D eigenvalue weighted by Crippen LogP contribution is 2.41. The number of H-pyrrole nitrogens is 1. The first-order valence-corrected chi connectivity index (χ1v) is 21.8. The van der Waals surface area contributed by atoms with Crippen LogP contribution in [0.25, 0.3) is 22.3 Å². The lowest BCUT2D eigenvalue weighted by atomic mass is 9.95. The molecule has 1 saturated carbocycles. The van der Waals surface area contributed by atoms with Gasteiger partial charge in [0.1, 0.15) is 35.2 Å². The number of imide groups is 1. The Kier molecular flexibility index (Phi) is 10.4. The molecule has 4 saturated heterocycles. The summed E-state index contributed by atoms with van der Waals surface area (Å²) in [5.41, 5.74) is 3.74. The quantitative estimate of drug-likeness (QED) is 0.214. The van der Waals surface area contributed by atoms with E-state index in [0.29, 0.717) is 22.7 Å². The van der Waals surface area contributed by atoms with Crippen LogP contribution in [0.2, 0.25) is 0 Å². The fourth-order valence-corrected chi connectivity index (χ4v) is 9.70. The molecule has 1 aliphatic carbocycles. The Hall–Kier alpha value is -5.19. The number of ether oxygens (including phenoxy) is 1. The Morgan fingerprint density at radius 3 is 2.30 bits per heavy atom. The Bertz CT molecular complexity index is 2270. The monoisotopic (exact) mass is 819 g/mol. The second kappa shape index (κ2) is 16.0. The zero-order valence-electron chi connectivity index (χ0n) is 34.4. The summed E-state index contributed by atoms with van der Waals surface area (Å²) in [7, 11) is 0. The van der Waals surface area contributed by atoms with E-state index in [0.717, 1.165) is 145 Å². The molecule has 0 bridgehead atoms. The van der Waals surface area contributed by atoms with Crippen molar-refractivity contribution >= 4 is 40.1 Å². The Balaban J connectivity index is 0.650. The third kappa shape index (κ3) is 7.92. The molecule has 16 heteroatoms. The van der Waals surface area contributed by atoms with Gasteiger partial charge in [-0.3, -0.25) is 34.6 Å². The summed E-state index contributed by atoms with van der Waals surface area (Å²) in [6, 6.07) is 10.8. The van der Waals surface area contributed by atoms with E-state index < -0.39 is 11.9 Å². The lowest BCUT2D eigenvalue weighted by Crippen LogP contribution is -2.52. The van der Waals surface area contributed by atoms with E-state index in [9.17, 15) is 14.4 Å². The molecule has 10 rings (SSSR count). The number of carbonyl (C=O) groups excluding carboxylic acids is 3. The highest BCUT2D eigenvalue weighted by atomic mass is 19.1. The average molecular weight is 820 g/mol. The molecule has 6 aliphatic rings. The van der Waals surface area contributed by atoms with Gasteiger partial charge < -0.3 is 24.3 Å². The Morgan fingerprint density at radius 2 is 1.57 bits per heavy atom. The van der Waals surface area contributed by atoms with Gasteiger partial charge in [-0.2, -0.15) is 5.10 Å². The number of aromatic nitrogens is 4. The molecule has 4 aromatic rings. The standard InChI is InChI=1S/C44H54FN11O4/c1-44(10-11-44)60-30-2-4-34-32(24-30)41(50-49-34)35-25-38(47-28-46-35)55-22-20-52(21-23-55)15-14-51-16-18-53(19-17-51)26-29-8-12-54(13-9-29)36-5-3-31-33(40(36)45)27-56(43(31)59)37-6-7-39(57)48-42(37)58/h2-5,24-25,28-29,37H,6-23,26-27H2,1H3,(H,49,50)(H,48,57,58)/t37-/m1/s1. The molecule has 3 amide bonds. The molecule has 0 unspecified atom stereocenters. The summed E-state index contributed by atoms with van der Waals surface area (Å²) in [6.07, 6.45) is 6.25. The number of anilines is 2. The molecule has 316 valence electrons. The predicted octanol–water partition coefficient (Wildman–Crippen LogP) is 3.51. The molecule has 2 N–H and O–H groups in total. The van der Waals surface area contributed by atoms with Crippen LogP contribution in [0.15, 0.2) is 42.7 Å². The number of piperidine rings is 2. The maximum Gasteiger partial charge on any atom is 0.255 e. The number of amides is 3. The largest absolute Gasteiger partial charge is 0.488 e. The van der Waals surface area contributed by atoms with Crippen molar-refractivity contribution in [3.8, 4) is 17.1 Å². The number of fused-ring (bicyclic) bond motifs is 2. The molecule has 7 heterocycles. The smallest absolute Gasteiger partial charge is 0.255 e. The van der Waals surface area contributed by atoms with Crippen LogP contribution in [-0.4, -0.2) is 154 Å². The van der Waals surface area contributed by atoms with E-state index in [1.807, 2.05) is 12.1 Å². The molecule has 15 nitrogen and oxygen atoms in total. The highest BCUT2D eigenvalue weighted by molar-refractivity contribution is 6.05. The van der Waals surface area contributed by atoms with Gasteiger partial charge in [-0.15, -0.1) is 0 Å². The number of rotatable bonds is 11. The van der Waals surface area contributed by atoms with Crippen LogP contribution < -0.4 is 19.9 Å². The van der Waals surface area contributed by atoms with Gasteiger partial charge in [-0.05, 0) is 75.3 Å². The second-order valence-electron chi connectivity index (χ2n) is 17.8. The zero-order chi connectivity index (χ0) is 41.0. The summed E-state index contributed by atoms with van der Waals surface area (Å²) >= 11 is 0. The van der Waals surface area contributed by atoms with Gasteiger partial charge in [0.15, 0.2) is 5.82 Å². The summed E-state index contributed by atoms with van der Waals surface area (Å²) in [5, 5.41) is 11.1. The minimum Gasteiger partial charge on any atom is -0.488 e. The zero-order valence-corrected chi connectivity index (χ0v) is 34.4. The van der Waals surface area contributed by atoms with Crippen LogP contribution in [0, 0.1) is 11.7 Å². The Labute approximate surface area is 349 Å². The molecule has 0 spiro atoms. The van der Waals surface area contributed by atoms with Crippen molar-refractivity contribution in [1.29, 1.82) is 0 Å². The van der Waals surface area contributed by atoms with Crippen LogP contribution in [0.3, 0.4) is 0 Å². The number of hydrogen-bond donors (Lipinski definition) is 2. The minimum atomic E-state index is -0.752. The van der Waals surface area contributed by atoms with Crippen molar-refractivity contribution in [2.75, 3.05) is 94.9 Å². The number of carbonyl (C=O) groups is 3. The molecular formula is C44H54FN11O4. The van der Waals surface area contributed by atoms with Crippen molar-refractivity contribution in [2.45, 2.75) is 63.6 Å². The number of hydrogen-bond acceptors (Lipinski definition) is 12. The number of halogens is 1. The fourth-order valence-electron chi connectivity index (χ4n) is 9.70. The van der Waals surface area contributed by atoms with Crippen molar-refractivity contribution in [3.05, 3.63) is 59.7 Å². The minimum absolute atomic E-state index is 0.0450. The van der Waals surface area contributed by atoms with Crippen molar-refractivity contribution in [1.82, 2.24) is 45.1 Å². The van der Waals surface area contributed by atoms with Crippen LogP contribution in [0.4, 0.5) is 15.9 Å². The van der Waals surface area contributed by atoms with Crippen LogP contribution in [0.1, 0.15) is 61.4 Å². The van der Waals surface area contributed by atoms with Crippen molar-refractivity contribution in [2.24, 2.45) is 5.92 Å². The first kappa shape index (κ1) is 39.0. The van der Waals surface area contributed by atoms with Crippen molar-refractivity contribution in [3.63, 3.8) is 0 Å². The van der Waals surface area contributed by atoms with Crippen molar-refractivity contribution < 1.29 is 23.5 Å². The van der Waals surface area contributed by atoms with E-state index >= 15 is 4.39 Å². The maximum absolute atomic E-state index is 15.9. The van der Waals surface area contributed by atoms with E-state index in [4.69, 9.17) is 4.74 Å². The van der Waals surface area contributed by atoms with E-state index in [1.54, 1.807) is 18.5 Å². The topological polar surface area (TPSA) is 146 Å². The first-order chi connectivity index (χ1) is 29.2. The summed E-state index contributed by atoms with van der Waals surface area (Å²) in [4.78, 5) is 60.1. The molecule has 5 aliphatic heterocycles. The van der Waals surface area contributed by atoms with Gasteiger partial charge in [0.2, 0.25) is 11.8 Å². The van der Waals surface area contributed by atoms with Gasteiger partial charge in [0.25, 0.3) is 5.91 Å².